The fourth-order valence-electron chi connectivity index (χ4n) is 1.88. The third-order valence-electron chi connectivity index (χ3n) is 2.69. The van der Waals surface area contributed by atoms with Crippen LogP contribution in [0.25, 0.3) is 0 Å². The van der Waals surface area contributed by atoms with E-state index in [1.54, 1.807) is 0 Å². The maximum Gasteiger partial charge on any atom is 0.123 e. The zero-order valence-corrected chi connectivity index (χ0v) is 7.39. The van der Waals surface area contributed by atoms with Crippen LogP contribution in [-0.2, 0) is 4.79 Å². The molecular formula is C10H16O. The number of carbonyl (C=O) groups excluding carboxylic acids is 1. The Balaban J connectivity index is 2.63. The van der Waals surface area contributed by atoms with Crippen molar-refractivity contribution in [1.82, 2.24) is 0 Å². The van der Waals surface area contributed by atoms with Crippen LogP contribution in [0, 0.1) is 11.8 Å². The Labute approximate surface area is 68.5 Å². The first kappa shape index (κ1) is 8.55. The first-order valence-corrected chi connectivity index (χ1v) is 4.51. The van der Waals surface area contributed by atoms with E-state index in [2.05, 4.69) is 19.8 Å². The Morgan fingerprint density at radius 1 is 1.55 bits per heavy atom. The number of rotatable bonds is 1. The summed E-state index contributed by atoms with van der Waals surface area (Å²) in [4.78, 5) is 10.5. The van der Waals surface area contributed by atoms with Gasteiger partial charge in [0.15, 0.2) is 0 Å². The number of hydrogen-bond acceptors (Lipinski definition) is 1. The molecule has 1 rings (SSSR count). The summed E-state index contributed by atoms with van der Waals surface area (Å²) in [7, 11) is 0. The second-order valence-corrected chi connectivity index (χ2v) is 3.62. The van der Waals surface area contributed by atoms with Crippen molar-refractivity contribution >= 4 is 5.94 Å². The standard InChI is InChI=1S/C10H16O/c1-3-9-5-4-8(2)6-10(9)7-11/h8-9H,3-6H2,1-2H3. The largest absolute Gasteiger partial charge is 0.234 e. The maximum atomic E-state index is 10.5. The summed E-state index contributed by atoms with van der Waals surface area (Å²) in [6.45, 7) is 4.36. The van der Waals surface area contributed by atoms with Gasteiger partial charge >= 0.3 is 0 Å². The van der Waals surface area contributed by atoms with Gasteiger partial charge < -0.3 is 0 Å². The van der Waals surface area contributed by atoms with Crippen LogP contribution < -0.4 is 0 Å². The minimum atomic E-state index is 0.545. The molecule has 1 saturated carbocycles. The Bertz CT molecular complexity index is 177. The minimum absolute atomic E-state index is 0.545. The van der Waals surface area contributed by atoms with E-state index in [0.717, 1.165) is 18.4 Å². The lowest BCUT2D eigenvalue weighted by atomic mass is 9.78. The highest BCUT2D eigenvalue weighted by molar-refractivity contribution is 5.53. The van der Waals surface area contributed by atoms with Crippen LogP contribution in [0.1, 0.15) is 39.5 Å². The van der Waals surface area contributed by atoms with Crippen molar-refractivity contribution in [1.29, 1.82) is 0 Å². The Hall–Kier alpha value is -0.550. The van der Waals surface area contributed by atoms with Gasteiger partial charge in [-0.3, -0.25) is 0 Å². The molecule has 0 aromatic heterocycles. The predicted molar refractivity (Wildman–Crippen MR) is 46.0 cm³/mol. The molecule has 0 amide bonds. The van der Waals surface area contributed by atoms with Crippen LogP contribution in [0.15, 0.2) is 5.57 Å². The smallest absolute Gasteiger partial charge is 0.123 e. The van der Waals surface area contributed by atoms with Crippen molar-refractivity contribution in [2.24, 2.45) is 11.8 Å². The molecule has 0 heterocycles. The van der Waals surface area contributed by atoms with Gasteiger partial charge in [-0.15, -0.1) is 0 Å². The molecule has 62 valence electrons. The van der Waals surface area contributed by atoms with E-state index in [0.29, 0.717) is 11.8 Å². The predicted octanol–water partition coefficient (Wildman–Crippen LogP) is 2.59. The van der Waals surface area contributed by atoms with Gasteiger partial charge in [0.2, 0.25) is 0 Å². The molecule has 2 unspecified atom stereocenters. The molecule has 0 aliphatic heterocycles. The van der Waals surface area contributed by atoms with Gasteiger partial charge in [0.1, 0.15) is 5.94 Å². The summed E-state index contributed by atoms with van der Waals surface area (Å²) in [5.41, 5.74) is 1.03. The average Bonchev–Trinajstić information content (AvgIpc) is 2.04. The summed E-state index contributed by atoms with van der Waals surface area (Å²) < 4.78 is 0. The zero-order chi connectivity index (χ0) is 8.27. The van der Waals surface area contributed by atoms with Crippen molar-refractivity contribution in [3.8, 4) is 0 Å². The minimum Gasteiger partial charge on any atom is -0.234 e. The normalized spacial score (nSPS) is 31.6. The number of hydrogen-bond donors (Lipinski definition) is 0. The van der Waals surface area contributed by atoms with Gasteiger partial charge in [-0.2, -0.15) is 0 Å². The topological polar surface area (TPSA) is 17.1 Å². The van der Waals surface area contributed by atoms with Crippen LogP contribution in [0.4, 0.5) is 0 Å². The molecule has 0 aromatic carbocycles. The van der Waals surface area contributed by atoms with E-state index in [9.17, 15) is 4.79 Å². The summed E-state index contributed by atoms with van der Waals surface area (Å²) >= 11 is 0. The van der Waals surface area contributed by atoms with Gasteiger partial charge in [0.25, 0.3) is 0 Å². The first-order valence-electron chi connectivity index (χ1n) is 4.51. The lowest BCUT2D eigenvalue weighted by Gasteiger charge is -2.25. The highest BCUT2D eigenvalue weighted by Gasteiger charge is 2.22. The molecule has 0 radical (unpaired) electrons. The van der Waals surface area contributed by atoms with E-state index in [4.69, 9.17) is 0 Å². The fraction of sp³-hybridized carbons (Fsp3) is 0.800. The lowest BCUT2D eigenvalue weighted by Crippen LogP contribution is -2.15. The van der Waals surface area contributed by atoms with Crippen molar-refractivity contribution in [3.63, 3.8) is 0 Å². The van der Waals surface area contributed by atoms with Crippen molar-refractivity contribution in [2.45, 2.75) is 39.5 Å². The maximum absolute atomic E-state index is 10.5. The molecule has 0 N–H and O–H groups in total. The summed E-state index contributed by atoms with van der Waals surface area (Å²) in [5.74, 6) is 3.35. The molecule has 1 aliphatic carbocycles. The quantitative estimate of drug-likeness (QED) is 0.528. The van der Waals surface area contributed by atoms with E-state index < -0.39 is 0 Å². The molecule has 1 heteroatoms. The van der Waals surface area contributed by atoms with Crippen LogP contribution in [0.2, 0.25) is 0 Å². The highest BCUT2D eigenvalue weighted by atomic mass is 16.1. The third-order valence-corrected chi connectivity index (χ3v) is 2.69. The molecule has 0 bridgehead atoms. The lowest BCUT2D eigenvalue weighted by molar-refractivity contribution is 0.364. The third kappa shape index (κ3) is 1.94. The van der Waals surface area contributed by atoms with Crippen LogP contribution in [0.3, 0.4) is 0 Å². The van der Waals surface area contributed by atoms with Crippen molar-refractivity contribution < 1.29 is 4.79 Å². The zero-order valence-electron chi connectivity index (χ0n) is 7.39. The van der Waals surface area contributed by atoms with Crippen molar-refractivity contribution in [3.05, 3.63) is 5.57 Å². The molecule has 1 aliphatic rings. The van der Waals surface area contributed by atoms with E-state index in [1.165, 1.54) is 12.8 Å². The Morgan fingerprint density at radius 2 is 2.27 bits per heavy atom. The van der Waals surface area contributed by atoms with E-state index >= 15 is 0 Å². The molecule has 2 atom stereocenters. The van der Waals surface area contributed by atoms with Crippen LogP contribution >= 0.6 is 0 Å². The molecule has 0 spiro atoms. The molecular weight excluding hydrogens is 136 g/mol. The highest BCUT2D eigenvalue weighted by Crippen LogP contribution is 2.33. The molecule has 11 heavy (non-hydrogen) atoms. The second-order valence-electron chi connectivity index (χ2n) is 3.62. The van der Waals surface area contributed by atoms with Gasteiger partial charge in [-0.25, -0.2) is 4.79 Å². The van der Waals surface area contributed by atoms with Crippen molar-refractivity contribution in [2.75, 3.05) is 0 Å². The summed E-state index contributed by atoms with van der Waals surface area (Å²) in [6.07, 6.45) is 4.57. The van der Waals surface area contributed by atoms with Gasteiger partial charge in [-0.05, 0) is 37.5 Å². The van der Waals surface area contributed by atoms with Gasteiger partial charge in [0, 0.05) is 5.57 Å². The molecule has 1 nitrogen and oxygen atoms in total. The van der Waals surface area contributed by atoms with E-state index in [-0.39, 0.29) is 0 Å². The average molecular weight is 152 g/mol. The van der Waals surface area contributed by atoms with Crippen LogP contribution in [-0.4, -0.2) is 5.94 Å². The van der Waals surface area contributed by atoms with Crippen LogP contribution in [0.5, 0.6) is 0 Å². The first-order chi connectivity index (χ1) is 5.27. The SMILES string of the molecule is CCC1CCC(C)CC1=C=O. The Morgan fingerprint density at radius 3 is 2.82 bits per heavy atom. The van der Waals surface area contributed by atoms with Gasteiger partial charge in [0.05, 0.1) is 0 Å². The van der Waals surface area contributed by atoms with Gasteiger partial charge in [-0.1, -0.05) is 13.8 Å². The van der Waals surface area contributed by atoms with E-state index in [1.807, 2.05) is 0 Å². The Kier molecular flexibility index (Phi) is 2.90. The summed E-state index contributed by atoms with van der Waals surface area (Å²) in [5, 5.41) is 0. The number of allylic oxidation sites excluding steroid dienone is 1. The molecule has 0 saturated heterocycles. The second kappa shape index (κ2) is 3.73. The molecule has 0 aromatic rings. The fourth-order valence-corrected chi connectivity index (χ4v) is 1.88. The summed E-state index contributed by atoms with van der Waals surface area (Å²) in [6, 6.07) is 0. The molecule has 1 fully saturated rings. The monoisotopic (exact) mass is 152 g/mol.